The molecule has 2 fully saturated rings. The summed E-state index contributed by atoms with van der Waals surface area (Å²) in [5.41, 5.74) is 0.378. The van der Waals surface area contributed by atoms with E-state index in [4.69, 9.17) is 5.11 Å². The second-order valence-electron chi connectivity index (χ2n) is 6.63. The van der Waals surface area contributed by atoms with Gasteiger partial charge < -0.3 is 15.3 Å². The number of nitrogens with zero attached hydrogens (tertiary/aromatic N) is 1. The van der Waals surface area contributed by atoms with Crippen molar-refractivity contribution >= 4 is 23.5 Å². The zero-order valence-electron chi connectivity index (χ0n) is 13.6. The summed E-state index contributed by atoms with van der Waals surface area (Å²) in [4.78, 5) is 37.1. The molecule has 24 heavy (non-hydrogen) atoms. The smallest absolute Gasteiger partial charge is 0.319 e. The molecule has 1 saturated carbocycles. The Morgan fingerprint density at radius 1 is 1.08 bits per heavy atom. The van der Waals surface area contributed by atoms with E-state index in [2.05, 4.69) is 5.32 Å². The molecule has 1 saturated heterocycles. The molecule has 1 aliphatic heterocycles. The van der Waals surface area contributed by atoms with Gasteiger partial charge in [0.1, 0.15) is 5.41 Å². The quantitative estimate of drug-likeness (QED) is 0.782. The second kappa shape index (κ2) is 6.63. The standard InChI is InChI=1S/C18H22N2O4/c21-15(20-11-1-2-12-20)8-5-13-3-6-14(7-4-13)19-16(22)18(9-10-18)17(23)24/h3-4,6-7H,1-2,5,8-12H2,(H,19,22)(H,23,24). The predicted octanol–water partition coefficient (Wildman–Crippen LogP) is 2.04. The fraction of sp³-hybridized carbons (Fsp3) is 0.500. The van der Waals surface area contributed by atoms with E-state index in [1.165, 1.54) is 0 Å². The van der Waals surface area contributed by atoms with Gasteiger partial charge in [-0.3, -0.25) is 14.4 Å². The van der Waals surface area contributed by atoms with Gasteiger partial charge in [0.2, 0.25) is 11.8 Å². The van der Waals surface area contributed by atoms with Crippen molar-refractivity contribution in [3.63, 3.8) is 0 Å². The average molecular weight is 330 g/mol. The monoisotopic (exact) mass is 330 g/mol. The Morgan fingerprint density at radius 2 is 1.71 bits per heavy atom. The number of likely N-dealkylation sites (tertiary alicyclic amines) is 1. The van der Waals surface area contributed by atoms with Gasteiger partial charge in [0.25, 0.3) is 0 Å². The van der Waals surface area contributed by atoms with Crippen LogP contribution in [0.25, 0.3) is 0 Å². The van der Waals surface area contributed by atoms with Gasteiger partial charge in [-0.15, -0.1) is 0 Å². The van der Waals surface area contributed by atoms with Gasteiger partial charge in [-0.25, -0.2) is 0 Å². The summed E-state index contributed by atoms with van der Waals surface area (Å²) in [6.45, 7) is 1.74. The van der Waals surface area contributed by atoms with Gasteiger partial charge in [-0.2, -0.15) is 0 Å². The van der Waals surface area contributed by atoms with Gasteiger partial charge in [0.05, 0.1) is 0 Å². The summed E-state index contributed by atoms with van der Waals surface area (Å²) in [5.74, 6) is -1.31. The van der Waals surface area contributed by atoms with E-state index in [-0.39, 0.29) is 5.91 Å². The van der Waals surface area contributed by atoms with Crippen molar-refractivity contribution in [3.8, 4) is 0 Å². The molecule has 0 spiro atoms. The molecule has 0 unspecified atom stereocenters. The molecule has 0 atom stereocenters. The van der Waals surface area contributed by atoms with Gasteiger partial charge in [0.15, 0.2) is 0 Å². The Bertz CT molecular complexity index is 643. The third kappa shape index (κ3) is 3.42. The number of carboxylic acids is 1. The maximum absolute atomic E-state index is 12.0. The fourth-order valence-electron chi connectivity index (χ4n) is 3.04. The number of aliphatic carboxylic acids is 1. The summed E-state index contributed by atoms with van der Waals surface area (Å²) in [6, 6.07) is 7.25. The summed E-state index contributed by atoms with van der Waals surface area (Å²) >= 11 is 0. The van der Waals surface area contributed by atoms with Crippen LogP contribution < -0.4 is 5.32 Å². The number of hydrogen-bond donors (Lipinski definition) is 2. The van der Waals surface area contributed by atoms with Crippen LogP contribution in [0.5, 0.6) is 0 Å². The molecule has 6 nitrogen and oxygen atoms in total. The molecular weight excluding hydrogens is 308 g/mol. The van der Waals surface area contributed by atoms with Crippen molar-refractivity contribution in [2.24, 2.45) is 5.41 Å². The second-order valence-corrected chi connectivity index (χ2v) is 6.63. The first-order valence-corrected chi connectivity index (χ1v) is 8.43. The Kier molecular flexibility index (Phi) is 4.55. The zero-order chi connectivity index (χ0) is 17.2. The van der Waals surface area contributed by atoms with E-state index in [9.17, 15) is 14.4 Å². The third-order valence-electron chi connectivity index (χ3n) is 4.89. The molecule has 2 N–H and O–H groups in total. The fourth-order valence-corrected chi connectivity index (χ4v) is 3.04. The molecule has 0 radical (unpaired) electrons. The number of aryl methyl sites for hydroxylation is 1. The lowest BCUT2D eigenvalue weighted by Gasteiger charge is -2.15. The van der Waals surface area contributed by atoms with Crippen LogP contribution in [0, 0.1) is 5.41 Å². The highest BCUT2D eigenvalue weighted by atomic mass is 16.4. The van der Waals surface area contributed by atoms with Gasteiger partial charge in [0, 0.05) is 25.2 Å². The molecule has 0 bridgehead atoms. The van der Waals surface area contributed by atoms with Crippen molar-refractivity contribution in [3.05, 3.63) is 29.8 Å². The molecule has 1 aromatic rings. The van der Waals surface area contributed by atoms with Crippen molar-refractivity contribution in [1.82, 2.24) is 4.90 Å². The first kappa shape index (κ1) is 16.5. The number of anilines is 1. The number of hydrogen-bond acceptors (Lipinski definition) is 3. The molecular formula is C18H22N2O4. The molecule has 6 heteroatoms. The summed E-state index contributed by atoms with van der Waals surface area (Å²) in [6.07, 6.45) is 4.14. The number of carbonyl (C=O) groups excluding carboxylic acids is 2. The van der Waals surface area contributed by atoms with Crippen molar-refractivity contribution < 1.29 is 19.5 Å². The molecule has 0 aromatic heterocycles. The Labute approximate surface area is 140 Å². The van der Waals surface area contributed by atoms with Crippen LogP contribution in [0.3, 0.4) is 0 Å². The van der Waals surface area contributed by atoms with Crippen LogP contribution in [0.1, 0.15) is 37.7 Å². The maximum atomic E-state index is 12.0. The minimum atomic E-state index is -1.24. The zero-order valence-corrected chi connectivity index (χ0v) is 13.6. The van der Waals surface area contributed by atoms with E-state index in [0.717, 1.165) is 31.5 Å². The third-order valence-corrected chi connectivity index (χ3v) is 4.89. The van der Waals surface area contributed by atoms with Crippen LogP contribution in [0.4, 0.5) is 5.69 Å². The average Bonchev–Trinajstić information content (AvgIpc) is 3.22. The van der Waals surface area contributed by atoms with E-state index < -0.39 is 17.3 Å². The number of benzene rings is 1. The Morgan fingerprint density at radius 3 is 2.25 bits per heavy atom. The highest BCUT2D eigenvalue weighted by Crippen LogP contribution is 2.46. The number of nitrogens with one attached hydrogen (secondary N) is 1. The van der Waals surface area contributed by atoms with Crippen molar-refractivity contribution in [2.75, 3.05) is 18.4 Å². The van der Waals surface area contributed by atoms with E-state index in [1.807, 2.05) is 17.0 Å². The van der Waals surface area contributed by atoms with Crippen LogP contribution >= 0.6 is 0 Å². The van der Waals surface area contributed by atoms with Crippen LogP contribution in [-0.2, 0) is 20.8 Å². The maximum Gasteiger partial charge on any atom is 0.319 e. The van der Waals surface area contributed by atoms with Crippen LogP contribution in [0.15, 0.2) is 24.3 Å². The Hall–Kier alpha value is -2.37. The van der Waals surface area contributed by atoms with E-state index in [1.54, 1.807) is 12.1 Å². The normalized spacial score (nSPS) is 18.2. The molecule has 2 amide bonds. The van der Waals surface area contributed by atoms with E-state index in [0.29, 0.717) is 31.4 Å². The minimum absolute atomic E-state index is 0.196. The number of amides is 2. The molecule has 1 aliphatic carbocycles. The topological polar surface area (TPSA) is 86.7 Å². The molecule has 128 valence electrons. The lowest BCUT2D eigenvalue weighted by molar-refractivity contribution is -0.147. The van der Waals surface area contributed by atoms with Crippen molar-refractivity contribution in [1.29, 1.82) is 0 Å². The van der Waals surface area contributed by atoms with Gasteiger partial charge in [-0.05, 0) is 49.8 Å². The van der Waals surface area contributed by atoms with E-state index >= 15 is 0 Å². The SMILES string of the molecule is O=C(CCc1ccc(NC(=O)C2(C(=O)O)CC2)cc1)N1CCCC1. The number of carboxylic acid groups (broad SMARTS) is 1. The minimum Gasteiger partial charge on any atom is -0.480 e. The predicted molar refractivity (Wildman–Crippen MR) is 88.5 cm³/mol. The first-order chi connectivity index (χ1) is 11.5. The Balaban J connectivity index is 1.51. The highest BCUT2D eigenvalue weighted by molar-refractivity contribution is 6.10. The lowest BCUT2D eigenvalue weighted by Crippen LogP contribution is -2.31. The molecule has 3 rings (SSSR count). The molecule has 2 aliphatic rings. The van der Waals surface area contributed by atoms with Gasteiger partial charge in [-0.1, -0.05) is 12.1 Å². The number of rotatable bonds is 6. The summed E-state index contributed by atoms with van der Waals surface area (Å²) < 4.78 is 0. The van der Waals surface area contributed by atoms with Crippen LogP contribution in [0.2, 0.25) is 0 Å². The summed E-state index contributed by atoms with van der Waals surface area (Å²) in [7, 11) is 0. The van der Waals surface area contributed by atoms with Crippen molar-refractivity contribution in [2.45, 2.75) is 38.5 Å². The largest absolute Gasteiger partial charge is 0.480 e. The first-order valence-electron chi connectivity index (χ1n) is 8.43. The summed E-state index contributed by atoms with van der Waals surface area (Å²) in [5, 5.41) is 11.8. The van der Waals surface area contributed by atoms with Gasteiger partial charge >= 0.3 is 5.97 Å². The lowest BCUT2D eigenvalue weighted by atomic mass is 10.1. The molecule has 1 aromatic carbocycles. The molecule has 1 heterocycles. The van der Waals surface area contributed by atoms with Crippen LogP contribution in [-0.4, -0.2) is 40.9 Å². The highest BCUT2D eigenvalue weighted by Gasteiger charge is 2.57. The number of carbonyl (C=O) groups is 3.